The van der Waals surface area contributed by atoms with Crippen LogP contribution in [-0.4, -0.2) is 40.4 Å². The summed E-state index contributed by atoms with van der Waals surface area (Å²) >= 11 is 1.64. The minimum atomic E-state index is 0. The lowest BCUT2D eigenvalue weighted by Gasteiger charge is -2.18. The molecule has 3 aromatic rings. The van der Waals surface area contributed by atoms with Gasteiger partial charge in [-0.1, -0.05) is 36.0 Å². The number of nitrogens with zero attached hydrogens (tertiary/aromatic N) is 5. The minimum absolute atomic E-state index is 0. The number of thioether (sulfide) groups is 1. The van der Waals surface area contributed by atoms with Crippen molar-refractivity contribution in [2.45, 2.75) is 12.1 Å². The van der Waals surface area contributed by atoms with Crippen molar-refractivity contribution in [3.05, 3.63) is 53.6 Å². The third kappa shape index (κ3) is 3.52. The summed E-state index contributed by atoms with van der Waals surface area (Å²) in [6.07, 6.45) is 0. The van der Waals surface area contributed by atoms with E-state index in [-0.39, 0.29) is 12.4 Å². The monoisotopic (exact) mass is 400 g/mol. The fourth-order valence-electron chi connectivity index (χ4n) is 2.91. The molecule has 0 bridgehead atoms. The highest BCUT2D eigenvalue weighted by atomic mass is 35.5. The Labute approximate surface area is 168 Å². The zero-order valence-electron chi connectivity index (χ0n) is 15.4. The van der Waals surface area contributed by atoms with Gasteiger partial charge in [0, 0.05) is 42.3 Å². The summed E-state index contributed by atoms with van der Waals surface area (Å²) in [6, 6.07) is 14.2. The van der Waals surface area contributed by atoms with Crippen LogP contribution in [0.25, 0.3) is 11.4 Å². The average Bonchev–Trinajstić information content (AvgIpc) is 3.07. The lowest BCUT2D eigenvalue weighted by molar-refractivity contribution is 0.762. The van der Waals surface area contributed by atoms with Crippen LogP contribution in [0, 0.1) is 6.92 Å². The number of anilines is 2. The summed E-state index contributed by atoms with van der Waals surface area (Å²) in [7, 11) is 4.04. The highest BCUT2D eigenvalue weighted by Gasteiger charge is 2.22. The molecule has 0 saturated heterocycles. The number of hydrogen-bond donors (Lipinski definition) is 1. The van der Waals surface area contributed by atoms with Gasteiger partial charge in [-0.15, -0.1) is 22.6 Å². The van der Waals surface area contributed by atoms with Gasteiger partial charge in [-0.3, -0.25) is 0 Å². The summed E-state index contributed by atoms with van der Waals surface area (Å²) in [6.45, 7) is 2.00. The number of nitrogen functional groups attached to an aromatic ring is 1. The quantitative estimate of drug-likeness (QED) is 0.679. The maximum absolute atomic E-state index is 6.08. The second kappa shape index (κ2) is 7.62. The Morgan fingerprint density at radius 3 is 2.63 bits per heavy atom. The van der Waals surface area contributed by atoms with Crippen LogP contribution in [-0.2, 0) is 0 Å². The molecule has 1 aliphatic rings. The zero-order chi connectivity index (χ0) is 18.3. The smallest absolute Gasteiger partial charge is 0.212 e. The third-order valence-corrected chi connectivity index (χ3v) is 5.34. The lowest BCUT2D eigenvalue weighted by atomic mass is 10.1. The van der Waals surface area contributed by atoms with E-state index in [1.165, 1.54) is 0 Å². The van der Waals surface area contributed by atoms with Gasteiger partial charge in [-0.05, 0) is 30.7 Å². The number of hydrogen-bond acceptors (Lipinski definition) is 6. The number of para-hydroxylation sites is 1. The molecule has 2 aromatic carbocycles. The second-order valence-electron chi connectivity index (χ2n) is 6.44. The van der Waals surface area contributed by atoms with Crippen molar-refractivity contribution < 1.29 is 0 Å². The van der Waals surface area contributed by atoms with Gasteiger partial charge in [0.15, 0.2) is 5.82 Å². The van der Waals surface area contributed by atoms with Gasteiger partial charge >= 0.3 is 0 Å². The molecule has 0 amide bonds. The van der Waals surface area contributed by atoms with Crippen molar-refractivity contribution in [1.29, 1.82) is 0 Å². The van der Waals surface area contributed by atoms with Crippen molar-refractivity contribution in [1.82, 2.24) is 14.9 Å². The molecule has 0 fully saturated rings. The van der Waals surface area contributed by atoms with E-state index >= 15 is 0 Å². The predicted molar refractivity (Wildman–Crippen MR) is 115 cm³/mol. The Morgan fingerprint density at radius 1 is 1.11 bits per heavy atom. The van der Waals surface area contributed by atoms with Crippen molar-refractivity contribution in [3.8, 4) is 11.4 Å². The van der Waals surface area contributed by atoms with Crippen LogP contribution in [0.1, 0.15) is 11.1 Å². The van der Waals surface area contributed by atoms with Gasteiger partial charge in [-0.25, -0.2) is 0 Å². The van der Waals surface area contributed by atoms with E-state index in [0.717, 1.165) is 50.5 Å². The van der Waals surface area contributed by atoms with E-state index in [2.05, 4.69) is 27.2 Å². The summed E-state index contributed by atoms with van der Waals surface area (Å²) in [5.74, 6) is 1.49. The Hall–Kier alpha value is -2.51. The van der Waals surface area contributed by atoms with Crippen LogP contribution in [0.2, 0.25) is 0 Å². The predicted octanol–water partition coefficient (Wildman–Crippen LogP) is 3.68. The summed E-state index contributed by atoms with van der Waals surface area (Å²) in [5.41, 5.74) is 12.0. The summed E-state index contributed by atoms with van der Waals surface area (Å²) < 4.78 is 1.84. The molecule has 1 aromatic heterocycles. The number of rotatable bonds is 3. The van der Waals surface area contributed by atoms with E-state index in [4.69, 9.17) is 10.8 Å². The maximum atomic E-state index is 6.08. The molecule has 0 aliphatic carbocycles. The number of nitrogens with two attached hydrogens (primary N) is 1. The average molecular weight is 401 g/mol. The number of aryl methyl sites for hydroxylation is 1. The third-order valence-electron chi connectivity index (χ3n) is 4.41. The van der Waals surface area contributed by atoms with Crippen LogP contribution in [0.5, 0.6) is 0 Å². The molecule has 2 heterocycles. The highest BCUT2D eigenvalue weighted by molar-refractivity contribution is 7.99. The van der Waals surface area contributed by atoms with Crippen LogP contribution in [0.4, 0.5) is 11.4 Å². The fraction of sp³-hybridized carbons (Fsp3) is 0.211. The van der Waals surface area contributed by atoms with Gasteiger partial charge < -0.3 is 10.6 Å². The van der Waals surface area contributed by atoms with E-state index in [0.29, 0.717) is 0 Å². The summed E-state index contributed by atoms with van der Waals surface area (Å²) in [4.78, 5) is 2.07. The first-order valence-corrected chi connectivity index (χ1v) is 9.32. The molecule has 8 heteroatoms. The first-order chi connectivity index (χ1) is 12.5. The van der Waals surface area contributed by atoms with Crippen molar-refractivity contribution in [2.24, 2.45) is 5.10 Å². The number of benzene rings is 2. The molecular formula is C19H21ClN6S. The normalized spacial score (nSPS) is 12.8. The Bertz CT molecular complexity index is 1010. The second-order valence-corrected chi connectivity index (χ2v) is 7.38. The van der Waals surface area contributed by atoms with Gasteiger partial charge in [0.25, 0.3) is 0 Å². The largest absolute Gasteiger partial charge is 0.398 e. The molecular weight excluding hydrogens is 380 g/mol. The molecule has 1 aliphatic heterocycles. The zero-order valence-corrected chi connectivity index (χ0v) is 17.0. The van der Waals surface area contributed by atoms with E-state index in [1.54, 1.807) is 11.8 Å². The van der Waals surface area contributed by atoms with E-state index in [1.807, 2.05) is 56.0 Å². The van der Waals surface area contributed by atoms with Crippen LogP contribution in [0.15, 0.2) is 52.7 Å². The first-order valence-electron chi connectivity index (χ1n) is 8.34. The maximum Gasteiger partial charge on any atom is 0.212 e. The number of fused-ring (bicyclic) bond motifs is 1. The van der Waals surface area contributed by atoms with E-state index < -0.39 is 0 Å². The van der Waals surface area contributed by atoms with E-state index in [9.17, 15) is 0 Å². The van der Waals surface area contributed by atoms with Crippen LogP contribution in [0.3, 0.4) is 0 Å². The number of halogens is 1. The Morgan fingerprint density at radius 2 is 1.89 bits per heavy atom. The van der Waals surface area contributed by atoms with Crippen molar-refractivity contribution in [3.63, 3.8) is 0 Å². The Balaban J connectivity index is 0.00000210. The highest BCUT2D eigenvalue weighted by Crippen LogP contribution is 2.33. The SMILES string of the molecule is Cc1ccc(C2=Nn3c(nnc3-c3ccccc3N(C)C)SC2)cc1N.Cl. The molecule has 0 spiro atoms. The number of aromatic nitrogens is 3. The summed E-state index contributed by atoms with van der Waals surface area (Å²) in [5, 5.41) is 14.4. The topological polar surface area (TPSA) is 72.3 Å². The first kappa shape index (κ1) is 19.3. The Kier molecular flexibility index (Phi) is 5.43. The standard InChI is InChI=1S/C19H20N6S.ClH/c1-12-8-9-13(10-15(12)20)16-11-26-19-22-21-18(25(19)23-16)14-6-4-5-7-17(14)24(2)3;/h4-10H,11,20H2,1-3H3;1H. The molecule has 27 heavy (non-hydrogen) atoms. The molecule has 0 unspecified atom stereocenters. The van der Waals surface area contributed by atoms with Gasteiger partial charge in [-0.2, -0.15) is 9.78 Å². The molecule has 4 rings (SSSR count). The molecule has 2 N–H and O–H groups in total. The molecule has 0 atom stereocenters. The van der Waals surface area contributed by atoms with Gasteiger partial charge in [0.1, 0.15) is 0 Å². The fourth-order valence-corrected chi connectivity index (χ4v) is 3.75. The lowest BCUT2D eigenvalue weighted by Crippen LogP contribution is -2.15. The van der Waals surface area contributed by atoms with Crippen LogP contribution >= 0.6 is 24.2 Å². The van der Waals surface area contributed by atoms with Crippen molar-refractivity contribution in [2.75, 3.05) is 30.5 Å². The minimum Gasteiger partial charge on any atom is -0.398 e. The van der Waals surface area contributed by atoms with Crippen molar-refractivity contribution >= 4 is 41.3 Å². The van der Waals surface area contributed by atoms with Gasteiger partial charge in [0.2, 0.25) is 5.16 Å². The molecule has 6 nitrogen and oxygen atoms in total. The molecule has 0 radical (unpaired) electrons. The molecule has 0 saturated carbocycles. The molecule has 140 valence electrons. The van der Waals surface area contributed by atoms with Gasteiger partial charge in [0.05, 0.1) is 5.71 Å². The van der Waals surface area contributed by atoms with Crippen LogP contribution < -0.4 is 10.6 Å².